The van der Waals surface area contributed by atoms with Crippen LogP contribution in [-0.2, 0) is 13.1 Å². The lowest BCUT2D eigenvalue weighted by Gasteiger charge is -2.26. The maximum absolute atomic E-state index is 13.9. The van der Waals surface area contributed by atoms with Crippen LogP contribution < -0.4 is 10.6 Å². The predicted molar refractivity (Wildman–Crippen MR) is 77.8 cm³/mol. The third-order valence-electron chi connectivity index (χ3n) is 3.50. The van der Waals surface area contributed by atoms with E-state index in [9.17, 15) is 4.39 Å². The van der Waals surface area contributed by atoms with Crippen LogP contribution in [0.4, 0.5) is 10.1 Å². The molecule has 0 saturated heterocycles. The van der Waals surface area contributed by atoms with Gasteiger partial charge in [0.05, 0.1) is 6.54 Å². The molecule has 1 aromatic carbocycles. The van der Waals surface area contributed by atoms with Gasteiger partial charge in [0.1, 0.15) is 5.82 Å². The number of hydrogen-bond donors (Lipinski definition) is 1. The van der Waals surface area contributed by atoms with Crippen molar-refractivity contribution < 1.29 is 4.39 Å². The summed E-state index contributed by atoms with van der Waals surface area (Å²) in [6.45, 7) is 1.09. The van der Waals surface area contributed by atoms with Crippen molar-refractivity contribution in [3.63, 3.8) is 0 Å². The molecule has 1 aliphatic rings. The summed E-state index contributed by atoms with van der Waals surface area (Å²) in [7, 11) is 0. The minimum atomic E-state index is -0.197. The SMILES string of the molecule is NCc1c(F)cccc1N(Cc1cccs1)C1CC1. The molecule has 1 fully saturated rings. The zero-order valence-electron chi connectivity index (χ0n) is 10.7. The molecule has 4 heteroatoms. The van der Waals surface area contributed by atoms with E-state index in [0.717, 1.165) is 12.2 Å². The first-order valence-electron chi connectivity index (χ1n) is 6.56. The van der Waals surface area contributed by atoms with E-state index in [-0.39, 0.29) is 12.4 Å². The molecule has 1 aliphatic carbocycles. The number of thiophene rings is 1. The summed E-state index contributed by atoms with van der Waals surface area (Å²) in [5.41, 5.74) is 7.31. The van der Waals surface area contributed by atoms with E-state index in [1.807, 2.05) is 6.07 Å². The summed E-state index contributed by atoms with van der Waals surface area (Å²) in [5.74, 6) is -0.197. The molecule has 0 bridgehead atoms. The van der Waals surface area contributed by atoms with Crippen molar-refractivity contribution >= 4 is 17.0 Å². The van der Waals surface area contributed by atoms with Gasteiger partial charge >= 0.3 is 0 Å². The van der Waals surface area contributed by atoms with E-state index >= 15 is 0 Å². The van der Waals surface area contributed by atoms with Gasteiger partial charge in [-0.15, -0.1) is 11.3 Å². The molecule has 0 atom stereocenters. The third-order valence-corrected chi connectivity index (χ3v) is 4.36. The minimum absolute atomic E-state index is 0.197. The topological polar surface area (TPSA) is 29.3 Å². The Kier molecular flexibility index (Phi) is 3.53. The highest BCUT2D eigenvalue weighted by Gasteiger charge is 2.31. The quantitative estimate of drug-likeness (QED) is 0.905. The average Bonchev–Trinajstić information content (AvgIpc) is 3.13. The van der Waals surface area contributed by atoms with Crippen molar-refractivity contribution in [1.82, 2.24) is 0 Å². The standard InChI is InChI=1S/C15H17FN2S/c16-14-4-1-5-15(13(14)9-17)18(11-6-7-11)10-12-3-2-8-19-12/h1-5,8,11H,6-7,9-10,17H2. The molecule has 1 heterocycles. The Labute approximate surface area is 116 Å². The van der Waals surface area contributed by atoms with Gasteiger partial charge in [0.25, 0.3) is 0 Å². The second kappa shape index (κ2) is 5.31. The lowest BCUT2D eigenvalue weighted by atomic mass is 10.1. The molecular weight excluding hydrogens is 259 g/mol. The summed E-state index contributed by atoms with van der Waals surface area (Å²) >= 11 is 1.74. The molecule has 2 aromatic rings. The normalized spacial score (nSPS) is 14.6. The Morgan fingerprint density at radius 1 is 1.26 bits per heavy atom. The van der Waals surface area contributed by atoms with Crippen molar-refractivity contribution in [3.8, 4) is 0 Å². The summed E-state index contributed by atoms with van der Waals surface area (Å²) < 4.78 is 13.9. The van der Waals surface area contributed by atoms with Crippen LogP contribution in [0.5, 0.6) is 0 Å². The molecule has 0 spiro atoms. The average molecular weight is 276 g/mol. The number of hydrogen-bond acceptors (Lipinski definition) is 3. The van der Waals surface area contributed by atoms with Crippen LogP contribution in [0.25, 0.3) is 0 Å². The molecule has 1 aromatic heterocycles. The summed E-state index contributed by atoms with van der Waals surface area (Å²) in [5, 5.41) is 2.08. The van der Waals surface area contributed by atoms with Crippen molar-refractivity contribution in [1.29, 1.82) is 0 Å². The first-order chi connectivity index (χ1) is 9.29. The fraction of sp³-hybridized carbons (Fsp3) is 0.333. The second-order valence-electron chi connectivity index (χ2n) is 4.88. The molecule has 0 unspecified atom stereocenters. The van der Waals surface area contributed by atoms with Crippen LogP contribution in [-0.4, -0.2) is 6.04 Å². The zero-order chi connectivity index (χ0) is 13.2. The number of halogens is 1. The Bertz CT molecular complexity index is 549. The van der Waals surface area contributed by atoms with Gasteiger partial charge in [0.2, 0.25) is 0 Å². The zero-order valence-corrected chi connectivity index (χ0v) is 11.5. The van der Waals surface area contributed by atoms with E-state index in [1.54, 1.807) is 17.4 Å². The first-order valence-corrected chi connectivity index (χ1v) is 7.44. The lowest BCUT2D eigenvalue weighted by molar-refractivity contribution is 0.608. The van der Waals surface area contributed by atoms with Crippen LogP contribution in [0.15, 0.2) is 35.7 Å². The summed E-state index contributed by atoms with van der Waals surface area (Å²) in [6, 6.07) is 9.96. The fourth-order valence-corrected chi connectivity index (χ4v) is 3.09. The van der Waals surface area contributed by atoms with Gasteiger partial charge in [-0.25, -0.2) is 4.39 Å². The molecule has 19 heavy (non-hydrogen) atoms. The van der Waals surface area contributed by atoms with E-state index in [4.69, 9.17) is 5.73 Å². The van der Waals surface area contributed by atoms with Gasteiger partial charge in [0, 0.05) is 28.7 Å². The smallest absolute Gasteiger partial charge is 0.129 e. The van der Waals surface area contributed by atoms with E-state index < -0.39 is 0 Å². The molecular formula is C15H17FN2S. The van der Waals surface area contributed by atoms with Gasteiger partial charge < -0.3 is 10.6 Å². The summed E-state index contributed by atoms with van der Waals surface area (Å²) in [6.07, 6.45) is 2.37. The van der Waals surface area contributed by atoms with Crippen molar-refractivity contribution in [2.24, 2.45) is 5.73 Å². The number of nitrogens with two attached hydrogens (primary N) is 1. The van der Waals surface area contributed by atoms with Crippen LogP contribution in [0.3, 0.4) is 0 Å². The molecule has 0 radical (unpaired) electrons. The minimum Gasteiger partial charge on any atom is -0.363 e. The molecule has 100 valence electrons. The van der Waals surface area contributed by atoms with Crippen LogP contribution in [0.1, 0.15) is 23.3 Å². The van der Waals surface area contributed by atoms with E-state index in [2.05, 4.69) is 22.4 Å². The van der Waals surface area contributed by atoms with Crippen molar-refractivity contribution in [2.75, 3.05) is 4.90 Å². The van der Waals surface area contributed by atoms with Crippen molar-refractivity contribution in [3.05, 3.63) is 52.0 Å². The Balaban J connectivity index is 1.94. The fourth-order valence-electron chi connectivity index (χ4n) is 2.39. The van der Waals surface area contributed by atoms with Crippen LogP contribution >= 0.6 is 11.3 Å². The Morgan fingerprint density at radius 3 is 2.74 bits per heavy atom. The molecule has 0 aliphatic heterocycles. The highest BCUT2D eigenvalue weighted by Crippen LogP contribution is 2.36. The Morgan fingerprint density at radius 2 is 2.11 bits per heavy atom. The van der Waals surface area contributed by atoms with Crippen molar-refractivity contribution in [2.45, 2.75) is 32.0 Å². The summed E-state index contributed by atoms with van der Waals surface area (Å²) in [4.78, 5) is 3.61. The largest absolute Gasteiger partial charge is 0.363 e. The molecule has 0 amide bonds. The molecule has 2 N–H and O–H groups in total. The predicted octanol–water partition coefficient (Wildman–Crippen LogP) is 3.51. The molecule has 1 saturated carbocycles. The lowest BCUT2D eigenvalue weighted by Crippen LogP contribution is -2.26. The maximum Gasteiger partial charge on any atom is 0.129 e. The highest BCUT2D eigenvalue weighted by atomic mass is 32.1. The van der Waals surface area contributed by atoms with Gasteiger partial charge in [-0.2, -0.15) is 0 Å². The number of nitrogens with zero attached hydrogens (tertiary/aromatic N) is 1. The second-order valence-corrected chi connectivity index (χ2v) is 5.91. The van der Waals surface area contributed by atoms with Gasteiger partial charge in [0.15, 0.2) is 0 Å². The van der Waals surface area contributed by atoms with Crippen LogP contribution in [0.2, 0.25) is 0 Å². The van der Waals surface area contributed by atoms with E-state index in [1.165, 1.54) is 23.8 Å². The number of rotatable bonds is 5. The number of anilines is 1. The van der Waals surface area contributed by atoms with E-state index in [0.29, 0.717) is 11.6 Å². The monoisotopic (exact) mass is 276 g/mol. The molecule has 3 rings (SSSR count). The maximum atomic E-state index is 13.9. The number of benzene rings is 1. The van der Waals surface area contributed by atoms with Crippen LogP contribution in [0, 0.1) is 5.82 Å². The van der Waals surface area contributed by atoms with Gasteiger partial charge in [-0.05, 0) is 36.4 Å². The highest BCUT2D eigenvalue weighted by molar-refractivity contribution is 7.09. The first kappa shape index (κ1) is 12.6. The third kappa shape index (κ3) is 2.65. The molecule has 2 nitrogen and oxygen atoms in total. The Hall–Kier alpha value is -1.39. The van der Waals surface area contributed by atoms with Gasteiger partial charge in [-0.1, -0.05) is 12.1 Å². The van der Waals surface area contributed by atoms with Gasteiger partial charge in [-0.3, -0.25) is 0 Å².